The van der Waals surface area contributed by atoms with Gasteiger partial charge in [-0.05, 0) is 42.6 Å². The maximum atomic E-state index is 11.7. The SMILES string of the molecule is C/C(=N\NC(=O)c1ccc(O)cc1)c1cccs1. The smallest absolute Gasteiger partial charge is 0.271 e. The Kier molecular flexibility index (Phi) is 3.74. The Labute approximate surface area is 109 Å². The van der Waals surface area contributed by atoms with Crippen LogP contribution < -0.4 is 5.43 Å². The normalized spacial score (nSPS) is 11.3. The summed E-state index contributed by atoms with van der Waals surface area (Å²) < 4.78 is 0. The molecule has 0 spiro atoms. The second-order valence-electron chi connectivity index (χ2n) is 3.66. The van der Waals surface area contributed by atoms with E-state index < -0.39 is 0 Å². The van der Waals surface area contributed by atoms with E-state index in [1.165, 1.54) is 12.1 Å². The lowest BCUT2D eigenvalue weighted by atomic mass is 10.2. The predicted octanol–water partition coefficient (Wildman–Crippen LogP) is 2.61. The first kappa shape index (κ1) is 12.3. The number of aromatic hydroxyl groups is 1. The number of benzene rings is 1. The van der Waals surface area contributed by atoms with Crippen LogP contribution in [0.15, 0.2) is 46.9 Å². The zero-order chi connectivity index (χ0) is 13.0. The van der Waals surface area contributed by atoms with E-state index >= 15 is 0 Å². The first-order chi connectivity index (χ1) is 8.66. The third-order valence-electron chi connectivity index (χ3n) is 2.33. The van der Waals surface area contributed by atoms with Crippen molar-refractivity contribution in [2.45, 2.75) is 6.92 Å². The molecule has 0 atom stereocenters. The Morgan fingerprint density at radius 3 is 2.61 bits per heavy atom. The Morgan fingerprint density at radius 1 is 1.28 bits per heavy atom. The lowest BCUT2D eigenvalue weighted by Gasteiger charge is -2.01. The van der Waals surface area contributed by atoms with Crippen LogP contribution in [-0.2, 0) is 0 Å². The zero-order valence-corrected chi connectivity index (χ0v) is 10.6. The lowest BCUT2D eigenvalue weighted by molar-refractivity contribution is 0.0955. The quantitative estimate of drug-likeness (QED) is 0.658. The van der Waals surface area contributed by atoms with E-state index in [4.69, 9.17) is 5.11 Å². The zero-order valence-electron chi connectivity index (χ0n) is 9.75. The number of phenols is 1. The van der Waals surface area contributed by atoms with Gasteiger partial charge in [0.05, 0.1) is 5.71 Å². The van der Waals surface area contributed by atoms with Gasteiger partial charge in [0, 0.05) is 10.4 Å². The molecular weight excluding hydrogens is 248 g/mol. The van der Waals surface area contributed by atoms with Gasteiger partial charge in [-0.1, -0.05) is 6.07 Å². The van der Waals surface area contributed by atoms with Gasteiger partial charge < -0.3 is 5.11 Å². The molecule has 0 aliphatic rings. The number of hydrazone groups is 1. The Hall–Kier alpha value is -2.14. The number of nitrogens with zero attached hydrogens (tertiary/aromatic N) is 1. The highest BCUT2D eigenvalue weighted by Crippen LogP contribution is 2.11. The van der Waals surface area contributed by atoms with Crippen LogP contribution in [0.4, 0.5) is 0 Å². The van der Waals surface area contributed by atoms with Crippen molar-refractivity contribution in [1.29, 1.82) is 0 Å². The molecule has 0 aliphatic heterocycles. The van der Waals surface area contributed by atoms with E-state index in [1.54, 1.807) is 23.5 Å². The van der Waals surface area contributed by atoms with Gasteiger partial charge in [-0.2, -0.15) is 5.10 Å². The number of carbonyl (C=O) groups is 1. The van der Waals surface area contributed by atoms with Crippen LogP contribution in [-0.4, -0.2) is 16.7 Å². The summed E-state index contributed by atoms with van der Waals surface area (Å²) in [5, 5.41) is 15.1. The minimum absolute atomic E-state index is 0.129. The van der Waals surface area contributed by atoms with Crippen molar-refractivity contribution in [3.63, 3.8) is 0 Å². The molecular formula is C13H12N2O2S. The molecule has 0 unspecified atom stereocenters. The van der Waals surface area contributed by atoms with E-state index in [1.807, 2.05) is 24.4 Å². The van der Waals surface area contributed by atoms with E-state index in [2.05, 4.69) is 10.5 Å². The lowest BCUT2D eigenvalue weighted by Crippen LogP contribution is -2.18. The summed E-state index contributed by atoms with van der Waals surface area (Å²) in [7, 11) is 0. The molecule has 0 saturated carbocycles. The topological polar surface area (TPSA) is 61.7 Å². The summed E-state index contributed by atoms with van der Waals surface area (Å²) in [6.45, 7) is 1.84. The van der Waals surface area contributed by atoms with Crippen molar-refractivity contribution in [1.82, 2.24) is 5.43 Å². The summed E-state index contributed by atoms with van der Waals surface area (Å²) in [4.78, 5) is 12.7. The van der Waals surface area contributed by atoms with Crippen LogP contribution >= 0.6 is 11.3 Å². The van der Waals surface area contributed by atoms with Crippen molar-refractivity contribution >= 4 is 23.0 Å². The fourth-order valence-corrected chi connectivity index (χ4v) is 2.03. The average Bonchev–Trinajstić information content (AvgIpc) is 2.90. The van der Waals surface area contributed by atoms with E-state index in [0.29, 0.717) is 5.56 Å². The number of carbonyl (C=O) groups excluding carboxylic acids is 1. The highest BCUT2D eigenvalue weighted by Gasteiger charge is 2.04. The number of hydrogen-bond donors (Lipinski definition) is 2. The van der Waals surface area contributed by atoms with Crippen LogP contribution in [0, 0.1) is 0 Å². The predicted molar refractivity (Wildman–Crippen MR) is 72.1 cm³/mol. The largest absolute Gasteiger partial charge is 0.508 e. The van der Waals surface area contributed by atoms with E-state index in [-0.39, 0.29) is 11.7 Å². The van der Waals surface area contributed by atoms with Crippen LogP contribution in [0.25, 0.3) is 0 Å². The molecule has 2 aromatic rings. The van der Waals surface area contributed by atoms with Crippen molar-refractivity contribution in [2.75, 3.05) is 0 Å². The van der Waals surface area contributed by atoms with Gasteiger partial charge in [-0.15, -0.1) is 11.3 Å². The average molecular weight is 260 g/mol. The molecule has 1 amide bonds. The van der Waals surface area contributed by atoms with Crippen LogP contribution in [0.1, 0.15) is 22.2 Å². The second-order valence-corrected chi connectivity index (χ2v) is 4.61. The van der Waals surface area contributed by atoms with Crippen LogP contribution in [0.3, 0.4) is 0 Å². The maximum Gasteiger partial charge on any atom is 0.271 e. The molecule has 0 fully saturated rings. The third-order valence-corrected chi connectivity index (χ3v) is 3.31. The molecule has 0 radical (unpaired) electrons. The first-order valence-electron chi connectivity index (χ1n) is 5.34. The Morgan fingerprint density at radius 2 is 2.00 bits per heavy atom. The van der Waals surface area contributed by atoms with Crippen molar-refractivity contribution in [3.05, 3.63) is 52.2 Å². The number of nitrogens with one attached hydrogen (secondary N) is 1. The number of hydrogen-bond acceptors (Lipinski definition) is 4. The maximum absolute atomic E-state index is 11.7. The molecule has 1 aromatic heterocycles. The highest BCUT2D eigenvalue weighted by atomic mass is 32.1. The van der Waals surface area contributed by atoms with Gasteiger partial charge in [0.25, 0.3) is 5.91 Å². The highest BCUT2D eigenvalue weighted by molar-refractivity contribution is 7.12. The molecule has 2 rings (SSSR count). The van der Waals surface area contributed by atoms with Crippen molar-refractivity contribution in [2.24, 2.45) is 5.10 Å². The van der Waals surface area contributed by atoms with E-state index in [9.17, 15) is 4.79 Å². The molecule has 18 heavy (non-hydrogen) atoms. The summed E-state index contributed by atoms with van der Waals surface area (Å²) in [6.07, 6.45) is 0. The minimum atomic E-state index is -0.300. The van der Waals surface area contributed by atoms with Crippen LogP contribution in [0.2, 0.25) is 0 Å². The van der Waals surface area contributed by atoms with Crippen molar-refractivity contribution < 1.29 is 9.90 Å². The third kappa shape index (κ3) is 2.95. The summed E-state index contributed by atoms with van der Waals surface area (Å²) >= 11 is 1.57. The Balaban J connectivity index is 2.04. The van der Waals surface area contributed by atoms with Gasteiger partial charge >= 0.3 is 0 Å². The number of phenolic OH excluding ortho intramolecular Hbond substituents is 1. The molecule has 2 N–H and O–H groups in total. The summed E-state index contributed by atoms with van der Waals surface area (Å²) in [6, 6.07) is 9.88. The first-order valence-corrected chi connectivity index (χ1v) is 6.22. The molecule has 5 heteroatoms. The molecule has 1 aromatic carbocycles. The standard InChI is InChI=1S/C13H12N2O2S/c1-9(12-3-2-8-18-12)14-15-13(17)10-4-6-11(16)7-5-10/h2-8,16H,1H3,(H,15,17)/b14-9+. The van der Waals surface area contributed by atoms with Gasteiger partial charge in [0.15, 0.2) is 0 Å². The Bertz CT molecular complexity index is 559. The van der Waals surface area contributed by atoms with Crippen molar-refractivity contribution in [3.8, 4) is 5.75 Å². The molecule has 92 valence electrons. The van der Waals surface area contributed by atoms with Gasteiger partial charge in [0.2, 0.25) is 0 Å². The number of rotatable bonds is 3. The van der Waals surface area contributed by atoms with E-state index in [0.717, 1.165) is 10.6 Å². The van der Waals surface area contributed by atoms with Gasteiger partial charge in [0.1, 0.15) is 5.75 Å². The fraction of sp³-hybridized carbons (Fsp3) is 0.0769. The fourth-order valence-electron chi connectivity index (χ4n) is 1.35. The summed E-state index contributed by atoms with van der Waals surface area (Å²) in [5.41, 5.74) is 3.70. The number of amides is 1. The van der Waals surface area contributed by atoms with Crippen LogP contribution in [0.5, 0.6) is 5.75 Å². The minimum Gasteiger partial charge on any atom is -0.508 e. The molecule has 1 heterocycles. The number of thiophene rings is 1. The molecule has 4 nitrogen and oxygen atoms in total. The molecule has 0 bridgehead atoms. The molecule has 0 saturated heterocycles. The monoisotopic (exact) mass is 260 g/mol. The summed E-state index contributed by atoms with van der Waals surface area (Å²) in [5.74, 6) is -0.171. The van der Waals surface area contributed by atoms with Gasteiger partial charge in [-0.25, -0.2) is 5.43 Å². The van der Waals surface area contributed by atoms with Gasteiger partial charge in [-0.3, -0.25) is 4.79 Å². The second kappa shape index (κ2) is 5.46. The molecule has 0 aliphatic carbocycles.